The van der Waals surface area contributed by atoms with E-state index >= 15 is 0 Å². The van der Waals surface area contributed by atoms with E-state index in [4.69, 9.17) is 4.42 Å². The maximum Gasteiger partial charge on any atom is 0.117 e. The van der Waals surface area contributed by atoms with Crippen LogP contribution in [0.4, 0.5) is 0 Å². The van der Waals surface area contributed by atoms with Crippen LogP contribution in [-0.2, 0) is 6.54 Å². The van der Waals surface area contributed by atoms with Gasteiger partial charge in [-0.05, 0) is 30.0 Å². The number of furan rings is 1. The standard InChI is InChI=1S/C16H21NOS/c1-2-17(12-16-9-6-10-18-16)11-15(13-19)14-7-4-3-5-8-14/h3-10,15,19H,2,11-13H2,1H3. The first-order chi connectivity index (χ1) is 9.33. The van der Waals surface area contributed by atoms with Gasteiger partial charge in [0, 0.05) is 12.5 Å². The molecule has 19 heavy (non-hydrogen) atoms. The molecule has 1 aromatic heterocycles. The Morgan fingerprint density at radius 2 is 1.95 bits per heavy atom. The molecule has 2 aromatic rings. The summed E-state index contributed by atoms with van der Waals surface area (Å²) in [5, 5.41) is 0. The van der Waals surface area contributed by atoms with Gasteiger partial charge in [0.2, 0.25) is 0 Å². The molecule has 1 heterocycles. The smallest absolute Gasteiger partial charge is 0.117 e. The van der Waals surface area contributed by atoms with Crippen molar-refractivity contribution in [2.75, 3.05) is 18.8 Å². The van der Waals surface area contributed by atoms with Crippen LogP contribution < -0.4 is 0 Å². The zero-order valence-electron chi connectivity index (χ0n) is 11.3. The van der Waals surface area contributed by atoms with E-state index in [0.29, 0.717) is 5.92 Å². The molecule has 2 rings (SSSR count). The quantitative estimate of drug-likeness (QED) is 0.773. The van der Waals surface area contributed by atoms with Crippen molar-refractivity contribution in [2.45, 2.75) is 19.4 Å². The molecule has 0 saturated carbocycles. The van der Waals surface area contributed by atoms with Crippen LogP contribution in [0.1, 0.15) is 24.2 Å². The van der Waals surface area contributed by atoms with Gasteiger partial charge in [-0.1, -0.05) is 37.3 Å². The number of likely N-dealkylation sites (N-methyl/N-ethyl adjacent to an activating group) is 1. The summed E-state index contributed by atoms with van der Waals surface area (Å²) in [6.45, 7) is 5.06. The van der Waals surface area contributed by atoms with Crippen molar-refractivity contribution in [3.8, 4) is 0 Å². The van der Waals surface area contributed by atoms with Gasteiger partial charge in [0.05, 0.1) is 12.8 Å². The van der Waals surface area contributed by atoms with Gasteiger partial charge in [0.15, 0.2) is 0 Å². The summed E-state index contributed by atoms with van der Waals surface area (Å²) in [6.07, 6.45) is 1.73. The van der Waals surface area contributed by atoms with E-state index < -0.39 is 0 Å². The second kappa shape index (κ2) is 7.41. The topological polar surface area (TPSA) is 16.4 Å². The minimum Gasteiger partial charge on any atom is -0.468 e. The molecule has 1 aromatic carbocycles. The third kappa shape index (κ3) is 4.15. The van der Waals surface area contributed by atoms with Gasteiger partial charge in [-0.25, -0.2) is 0 Å². The van der Waals surface area contributed by atoms with Crippen LogP contribution >= 0.6 is 12.6 Å². The highest BCUT2D eigenvalue weighted by atomic mass is 32.1. The number of hydrogen-bond donors (Lipinski definition) is 1. The summed E-state index contributed by atoms with van der Waals surface area (Å²) in [5.41, 5.74) is 1.36. The molecule has 2 nitrogen and oxygen atoms in total. The molecule has 0 fully saturated rings. The first-order valence-electron chi connectivity index (χ1n) is 6.74. The van der Waals surface area contributed by atoms with Gasteiger partial charge in [0.1, 0.15) is 5.76 Å². The fourth-order valence-corrected chi connectivity index (χ4v) is 2.56. The van der Waals surface area contributed by atoms with Gasteiger partial charge in [-0.2, -0.15) is 12.6 Å². The molecule has 0 amide bonds. The molecule has 102 valence electrons. The van der Waals surface area contributed by atoms with Crippen LogP contribution in [0.25, 0.3) is 0 Å². The molecule has 0 N–H and O–H groups in total. The highest BCUT2D eigenvalue weighted by Gasteiger charge is 2.14. The van der Waals surface area contributed by atoms with Crippen LogP contribution in [0.5, 0.6) is 0 Å². The number of hydrogen-bond acceptors (Lipinski definition) is 3. The first kappa shape index (κ1) is 14.2. The van der Waals surface area contributed by atoms with Gasteiger partial charge >= 0.3 is 0 Å². The Bertz CT molecular complexity index is 455. The zero-order chi connectivity index (χ0) is 13.5. The summed E-state index contributed by atoms with van der Waals surface area (Å²) in [6, 6.07) is 14.6. The van der Waals surface area contributed by atoms with E-state index in [1.807, 2.05) is 12.1 Å². The van der Waals surface area contributed by atoms with Crippen LogP contribution in [0.3, 0.4) is 0 Å². The lowest BCUT2D eigenvalue weighted by Gasteiger charge is -2.25. The van der Waals surface area contributed by atoms with E-state index in [2.05, 4.69) is 54.8 Å². The molecule has 0 bridgehead atoms. The summed E-state index contributed by atoms with van der Waals surface area (Å²) in [4.78, 5) is 2.40. The summed E-state index contributed by atoms with van der Waals surface area (Å²) in [7, 11) is 0. The van der Waals surface area contributed by atoms with Crippen molar-refractivity contribution >= 4 is 12.6 Å². The van der Waals surface area contributed by atoms with Gasteiger partial charge in [-0.15, -0.1) is 0 Å². The molecule has 0 spiro atoms. The van der Waals surface area contributed by atoms with E-state index in [-0.39, 0.29) is 0 Å². The maximum atomic E-state index is 5.43. The number of benzene rings is 1. The van der Waals surface area contributed by atoms with Crippen molar-refractivity contribution in [1.29, 1.82) is 0 Å². The lowest BCUT2D eigenvalue weighted by atomic mass is 10.0. The van der Waals surface area contributed by atoms with Crippen LogP contribution in [0, 0.1) is 0 Å². The first-order valence-corrected chi connectivity index (χ1v) is 7.37. The molecule has 3 heteroatoms. The highest BCUT2D eigenvalue weighted by molar-refractivity contribution is 7.80. The Labute approximate surface area is 120 Å². The molecular weight excluding hydrogens is 254 g/mol. The molecule has 1 unspecified atom stereocenters. The summed E-state index contributed by atoms with van der Waals surface area (Å²) in [5.74, 6) is 2.34. The second-order valence-electron chi connectivity index (χ2n) is 4.70. The van der Waals surface area contributed by atoms with Gasteiger partial charge in [-0.3, -0.25) is 4.90 Å². The van der Waals surface area contributed by atoms with E-state index in [9.17, 15) is 0 Å². The van der Waals surface area contributed by atoms with Crippen molar-refractivity contribution in [2.24, 2.45) is 0 Å². The van der Waals surface area contributed by atoms with E-state index in [0.717, 1.165) is 31.1 Å². The van der Waals surface area contributed by atoms with Gasteiger partial charge < -0.3 is 4.42 Å². The lowest BCUT2D eigenvalue weighted by molar-refractivity contribution is 0.245. The average Bonchev–Trinajstić information content (AvgIpc) is 2.97. The monoisotopic (exact) mass is 275 g/mol. The average molecular weight is 275 g/mol. The van der Waals surface area contributed by atoms with Crippen molar-refractivity contribution in [3.05, 3.63) is 60.1 Å². The fraction of sp³-hybridized carbons (Fsp3) is 0.375. The third-order valence-electron chi connectivity index (χ3n) is 3.38. The normalized spacial score (nSPS) is 12.8. The largest absolute Gasteiger partial charge is 0.468 e. The molecule has 0 saturated heterocycles. The fourth-order valence-electron chi connectivity index (χ4n) is 2.23. The minimum atomic E-state index is 0.458. The molecule has 0 aliphatic rings. The molecule has 0 aliphatic carbocycles. The Hall–Kier alpha value is -1.19. The van der Waals surface area contributed by atoms with Crippen molar-refractivity contribution < 1.29 is 4.42 Å². The molecule has 0 radical (unpaired) electrons. The number of rotatable bonds is 7. The van der Waals surface area contributed by atoms with Gasteiger partial charge in [0.25, 0.3) is 0 Å². The summed E-state index contributed by atoms with van der Waals surface area (Å²) < 4.78 is 5.43. The predicted octanol–water partition coefficient (Wildman–Crippen LogP) is 3.82. The van der Waals surface area contributed by atoms with Crippen LogP contribution in [0.15, 0.2) is 53.1 Å². The maximum absolute atomic E-state index is 5.43. The second-order valence-corrected chi connectivity index (χ2v) is 5.06. The SMILES string of the molecule is CCN(Cc1ccco1)CC(CS)c1ccccc1. The molecule has 0 aliphatic heterocycles. The lowest BCUT2D eigenvalue weighted by Crippen LogP contribution is -2.28. The third-order valence-corrected chi connectivity index (χ3v) is 3.82. The van der Waals surface area contributed by atoms with Crippen LogP contribution in [-0.4, -0.2) is 23.7 Å². The Balaban J connectivity index is 1.99. The Morgan fingerprint density at radius 1 is 1.16 bits per heavy atom. The highest BCUT2D eigenvalue weighted by Crippen LogP contribution is 2.19. The number of nitrogens with zero attached hydrogens (tertiary/aromatic N) is 1. The van der Waals surface area contributed by atoms with E-state index in [1.165, 1.54) is 5.56 Å². The zero-order valence-corrected chi connectivity index (χ0v) is 12.2. The minimum absolute atomic E-state index is 0.458. The number of thiol groups is 1. The Kier molecular flexibility index (Phi) is 5.55. The Morgan fingerprint density at radius 3 is 2.53 bits per heavy atom. The molecule has 1 atom stereocenters. The van der Waals surface area contributed by atoms with Crippen molar-refractivity contribution in [3.63, 3.8) is 0 Å². The predicted molar refractivity (Wildman–Crippen MR) is 82.7 cm³/mol. The summed E-state index contributed by atoms with van der Waals surface area (Å²) >= 11 is 4.50. The molecular formula is C16H21NOS. The van der Waals surface area contributed by atoms with Crippen LogP contribution in [0.2, 0.25) is 0 Å². The van der Waals surface area contributed by atoms with Crippen molar-refractivity contribution in [1.82, 2.24) is 4.90 Å². The van der Waals surface area contributed by atoms with E-state index in [1.54, 1.807) is 6.26 Å².